The minimum absolute atomic E-state index is 0.139. The standard InChI is InChI=1S/C17H14FN3O2S/c18-12-4-1-3-11(9-12)13-10-15(23-20-13)17(22)21-7-8-24-16-14(21)5-2-6-19-16/h1-6,9,15H,7-8,10H2. The minimum atomic E-state index is -0.681. The fourth-order valence-corrected chi connectivity index (χ4v) is 3.73. The van der Waals surface area contributed by atoms with Crippen molar-refractivity contribution in [2.75, 3.05) is 17.2 Å². The van der Waals surface area contributed by atoms with Gasteiger partial charge < -0.3 is 9.74 Å². The first-order valence-corrected chi connectivity index (χ1v) is 8.59. The number of anilines is 1. The average Bonchev–Trinajstić information content (AvgIpc) is 3.11. The Balaban J connectivity index is 1.52. The van der Waals surface area contributed by atoms with Crippen LogP contribution in [0.15, 0.2) is 52.8 Å². The summed E-state index contributed by atoms with van der Waals surface area (Å²) >= 11 is 1.64. The lowest BCUT2D eigenvalue weighted by Gasteiger charge is -2.29. The van der Waals surface area contributed by atoms with Gasteiger partial charge in [-0.25, -0.2) is 9.37 Å². The highest BCUT2D eigenvalue weighted by atomic mass is 32.2. The summed E-state index contributed by atoms with van der Waals surface area (Å²) in [5.74, 6) is 0.317. The van der Waals surface area contributed by atoms with Gasteiger partial charge in [0.05, 0.1) is 11.4 Å². The summed E-state index contributed by atoms with van der Waals surface area (Å²) in [5, 5.41) is 4.83. The summed E-state index contributed by atoms with van der Waals surface area (Å²) in [4.78, 5) is 24.2. The third-order valence-electron chi connectivity index (χ3n) is 3.96. The number of hydrogen-bond acceptors (Lipinski definition) is 5. The van der Waals surface area contributed by atoms with E-state index in [1.54, 1.807) is 35.0 Å². The lowest BCUT2D eigenvalue weighted by Crippen LogP contribution is -2.42. The van der Waals surface area contributed by atoms with Crippen LogP contribution in [0.25, 0.3) is 0 Å². The fraction of sp³-hybridized carbons (Fsp3) is 0.235. The molecule has 1 unspecified atom stereocenters. The highest BCUT2D eigenvalue weighted by Crippen LogP contribution is 2.33. The minimum Gasteiger partial charge on any atom is -0.382 e. The molecule has 1 aromatic carbocycles. The molecule has 122 valence electrons. The van der Waals surface area contributed by atoms with E-state index in [4.69, 9.17) is 4.84 Å². The van der Waals surface area contributed by atoms with Crippen LogP contribution in [0.1, 0.15) is 12.0 Å². The first kappa shape index (κ1) is 15.1. The van der Waals surface area contributed by atoms with E-state index in [0.717, 1.165) is 16.5 Å². The predicted octanol–water partition coefficient (Wildman–Crippen LogP) is 2.85. The highest BCUT2D eigenvalue weighted by molar-refractivity contribution is 7.99. The number of nitrogens with zero attached hydrogens (tertiary/aromatic N) is 3. The lowest BCUT2D eigenvalue weighted by molar-refractivity contribution is -0.128. The smallest absolute Gasteiger partial charge is 0.271 e. The van der Waals surface area contributed by atoms with Gasteiger partial charge in [-0.1, -0.05) is 17.3 Å². The Kier molecular flexibility index (Phi) is 3.93. The molecule has 1 aromatic heterocycles. The number of rotatable bonds is 2. The summed E-state index contributed by atoms with van der Waals surface area (Å²) in [6.45, 7) is 0.608. The molecule has 24 heavy (non-hydrogen) atoms. The van der Waals surface area contributed by atoms with Gasteiger partial charge in [0.15, 0.2) is 0 Å². The van der Waals surface area contributed by atoms with E-state index >= 15 is 0 Å². The number of carbonyl (C=O) groups is 1. The topological polar surface area (TPSA) is 54.8 Å². The number of amides is 1. The molecule has 0 N–H and O–H groups in total. The Morgan fingerprint density at radius 2 is 2.25 bits per heavy atom. The van der Waals surface area contributed by atoms with Gasteiger partial charge in [-0.05, 0) is 24.3 Å². The van der Waals surface area contributed by atoms with E-state index in [9.17, 15) is 9.18 Å². The van der Waals surface area contributed by atoms with Crippen LogP contribution in [0.5, 0.6) is 0 Å². The highest BCUT2D eigenvalue weighted by Gasteiger charge is 2.35. The molecule has 3 heterocycles. The summed E-state index contributed by atoms with van der Waals surface area (Å²) in [6, 6.07) is 9.84. The Morgan fingerprint density at radius 3 is 3.12 bits per heavy atom. The quantitative estimate of drug-likeness (QED) is 0.841. The van der Waals surface area contributed by atoms with Crippen molar-refractivity contribution in [2.24, 2.45) is 5.16 Å². The van der Waals surface area contributed by atoms with Crippen molar-refractivity contribution in [3.05, 3.63) is 54.0 Å². The van der Waals surface area contributed by atoms with Gasteiger partial charge in [0, 0.05) is 30.5 Å². The van der Waals surface area contributed by atoms with Crippen LogP contribution < -0.4 is 4.90 Å². The van der Waals surface area contributed by atoms with Crippen LogP contribution in [0.2, 0.25) is 0 Å². The average molecular weight is 343 g/mol. The zero-order valence-electron chi connectivity index (χ0n) is 12.7. The molecule has 1 atom stereocenters. The molecule has 1 amide bonds. The molecule has 5 nitrogen and oxygen atoms in total. The molecule has 0 bridgehead atoms. The van der Waals surface area contributed by atoms with Crippen molar-refractivity contribution in [2.45, 2.75) is 17.6 Å². The molecule has 0 spiro atoms. The van der Waals surface area contributed by atoms with Crippen molar-refractivity contribution in [3.8, 4) is 0 Å². The second-order valence-electron chi connectivity index (χ2n) is 5.51. The summed E-state index contributed by atoms with van der Waals surface area (Å²) in [6.07, 6.45) is 1.37. The van der Waals surface area contributed by atoms with Crippen molar-refractivity contribution in [1.29, 1.82) is 0 Å². The maximum Gasteiger partial charge on any atom is 0.271 e. The second-order valence-corrected chi connectivity index (χ2v) is 6.60. The van der Waals surface area contributed by atoms with Crippen LogP contribution in [-0.4, -0.2) is 35.0 Å². The van der Waals surface area contributed by atoms with E-state index in [-0.39, 0.29) is 11.7 Å². The van der Waals surface area contributed by atoms with Crippen molar-refractivity contribution >= 4 is 29.1 Å². The summed E-state index contributed by atoms with van der Waals surface area (Å²) in [7, 11) is 0. The molecule has 0 aliphatic carbocycles. The molecule has 0 saturated carbocycles. The number of fused-ring (bicyclic) bond motifs is 1. The maximum absolute atomic E-state index is 13.4. The van der Waals surface area contributed by atoms with E-state index in [0.29, 0.717) is 24.2 Å². The predicted molar refractivity (Wildman–Crippen MR) is 89.7 cm³/mol. The number of hydrogen-bond donors (Lipinski definition) is 0. The molecular formula is C17H14FN3O2S. The van der Waals surface area contributed by atoms with Gasteiger partial charge in [-0.3, -0.25) is 4.79 Å². The normalized spacial score (nSPS) is 19.5. The number of thioether (sulfide) groups is 1. The number of halogens is 1. The largest absolute Gasteiger partial charge is 0.382 e. The van der Waals surface area contributed by atoms with E-state index in [1.807, 2.05) is 12.1 Å². The van der Waals surface area contributed by atoms with Gasteiger partial charge in [0.2, 0.25) is 6.10 Å². The van der Waals surface area contributed by atoms with Crippen LogP contribution in [-0.2, 0) is 9.63 Å². The van der Waals surface area contributed by atoms with Crippen molar-refractivity contribution in [1.82, 2.24) is 4.98 Å². The Hall–Kier alpha value is -2.41. The van der Waals surface area contributed by atoms with E-state index in [1.165, 1.54) is 12.1 Å². The molecular weight excluding hydrogens is 329 g/mol. The Morgan fingerprint density at radius 1 is 1.33 bits per heavy atom. The lowest BCUT2D eigenvalue weighted by atomic mass is 10.0. The first-order chi connectivity index (χ1) is 11.7. The summed E-state index contributed by atoms with van der Waals surface area (Å²) in [5.41, 5.74) is 2.04. The zero-order valence-corrected chi connectivity index (χ0v) is 13.5. The van der Waals surface area contributed by atoms with Gasteiger partial charge in [-0.2, -0.15) is 0 Å². The maximum atomic E-state index is 13.4. The first-order valence-electron chi connectivity index (χ1n) is 7.60. The van der Waals surface area contributed by atoms with Gasteiger partial charge in [0.1, 0.15) is 10.8 Å². The van der Waals surface area contributed by atoms with Crippen LogP contribution in [0.3, 0.4) is 0 Å². The number of pyridine rings is 1. The third kappa shape index (κ3) is 2.75. The molecule has 0 fully saturated rings. The molecule has 7 heteroatoms. The van der Waals surface area contributed by atoms with Crippen molar-refractivity contribution in [3.63, 3.8) is 0 Å². The molecule has 2 aliphatic heterocycles. The third-order valence-corrected chi connectivity index (χ3v) is 4.94. The monoisotopic (exact) mass is 343 g/mol. The molecule has 2 aromatic rings. The fourth-order valence-electron chi connectivity index (χ4n) is 2.80. The molecule has 2 aliphatic rings. The van der Waals surface area contributed by atoms with Gasteiger partial charge in [-0.15, -0.1) is 11.8 Å². The molecule has 4 rings (SSSR count). The summed E-state index contributed by atoms with van der Waals surface area (Å²) < 4.78 is 13.4. The number of benzene rings is 1. The number of carbonyl (C=O) groups excluding carboxylic acids is 1. The Bertz CT molecular complexity index is 827. The molecule has 0 saturated heterocycles. The van der Waals surface area contributed by atoms with Crippen LogP contribution >= 0.6 is 11.8 Å². The number of oxime groups is 1. The number of aromatic nitrogens is 1. The van der Waals surface area contributed by atoms with E-state index in [2.05, 4.69) is 10.1 Å². The zero-order chi connectivity index (χ0) is 16.5. The Labute approximate surface area is 142 Å². The van der Waals surface area contributed by atoms with Crippen LogP contribution in [0.4, 0.5) is 10.1 Å². The second kappa shape index (κ2) is 6.24. The molecule has 0 radical (unpaired) electrons. The SMILES string of the molecule is O=C(C1CC(c2cccc(F)c2)=NO1)N1CCSc2ncccc21. The van der Waals surface area contributed by atoms with Gasteiger partial charge >= 0.3 is 0 Å². The van der Waals surface area contributed by atoms with Crippen LogP contribution in [0, 0.1) is 5.82 Å². The van der Waals surface area contributed by atoms with Crippen molar-refractivity contribution < 1.29 is 14.0 Å². The van der Waals surface area contributed by atoms with E-state index < -0.39 is 6.10 Å². The van der Waals surface area contributed by atoms with Gasteiger partial charge in [0.25, 0.3) is 5.91 Å².